The molecule has 4 heterocycles. The Labute approximate surface area is 173 Å². The summed E-state index contributed by atoms with van der Waals surface area (Å²) in [6.07, 6.45) is 5.14. The normalized spacial score (nSPS) is 30.4. The number of nitrogens with zero attached hydrogens (tertiary/aromatic N) is 4. The second kappa shape index (κ2) is 6.77. The lowest BCUT2D eigenvalue weighted by molar-refractivity contribution is -0.120. The molecule has 8 heteroatoms. The highest BCUT2D eigenvalue weighted by molar-refractivity contribution is 5.68. The van der Waals surface area contributed by atoms with Crippen LogP contribution < -0.4 is 10.1 Å². The van der Waals surface area contributed by atoms with Gasteiger partial charge in [0.05, 0.1) is 23.2 Å². The number of nitrogens with one attached hydrogen (secondary N) is 1. The quantitative estimate of drug-likeness (QED) is 0.688. The largest absolute Gasteiger partial charge is 0.507 e. The molecule has 3 aliphatic rings. The molecule has 1 saturated carbocycles. The van der Waals surface area contributed by atoms with E-state index in [2.05, 4.69) is 27.4 Å². The molecule has 1 aromatic carbocycles. The van der Waals surface area contributed by atoms with Gasteiger partial charge in [-0.05, 0) is 38.0 Å². The first-order chi connectivity index (χ1) is 14.4. The van der Waals surface area contributed by atoms with Crippen molar-refractivity contribution < 1.29 is 14.2 Å². The van der Waals surface area contributed by atoms with Crippen molar-refractivity contribution >= 4 is 0 Å². The summed E-state index contributed by atoms with van der Waals surface area (Å²) < 4.78 is 22.9. The monoisotopic (exact) mass is 409 g/mol. The van der Waals surface area contributed by atoms with E-state index >= 15 is 4.39 Å². The van der Waals surface area contributed by atoms with Gasteiger partial charge in [0.2, 0.25) is 5.88 Å². The Morgan fingerprint density at radius 3 is 2.70 bits per heavy atom. The minimum atomic E-state index is -1.12. The van der Waals surface area contributed by atoms with Crippen LogP contribution in [0.15, 0.2) is 49.1 Å². The zero-order chi connectivity index (χ0) is 20.9. The number of imidazole rings is 1. The molecule has 156 valence electrons. The van der Waals surface area contributed by atoms with Crippen LogP contribution in [0.2, 0.25) is 0 Å². The third kappa shape index (κ3) is 3.02. The number of aromatic nitrogens is 4. The first-order valence-corrected chi connectivity index (χ1v) is 10.1. The molecule has 1 aliphatic carbocycles. The van der Waals surface area contributed by atoms with Crippen molar-refractivity contribution in [3.63, 3.8) is 0 Å². The van der Waals surface area contributed by atoms with Gasteiger partial charge in [0.25, 0.3) is 0 Å². The van der Waals surface area contributed by atoms with Crippen LogP contribution in [0, 0.1) is 5.41 Å². The number of alkyl halides is 1. The van der Waals surface area contributed by atoms with Gasteiger partial charge in [0.15, 0.2) is 6.17 Å². The minimum absolute atomic E-state index is 0.0871. The summed E-state index contributed by atoms with van der Waals surface area (Å²) in [6.45, 7) is 4.69. The van der Waals surface area contributed by atoms with E-state index in [1.807, 2.05) is 13.0 Å². The number of hydrogen-bond donors (Lipinski definition) is 2. The molecule has 0 unspecified atom stereocenters. The molecule has 2 saturated heterocycles. The van der Waals surface area contributed by atoms with Gasteiger partial charge >= 0.3 is 0 Å². The number of benzene rings is 1. The zero-order valence-electron chi connectivity index (χ0n) is 16.9. The molecule has 2 bridgehead atoms. The lowest BCUT2D eigenvalue weighted by Gasteiger charge is -2.56. The predicted molar refractivity (Wildman–Crippen MR) is 109 cm³/mol. The maximum Gasteiger partial charge on any atom is 0.233 e. The van der Waals surface area contributed by atoms with Crippen LogP contribution in [-0.4, -0.2) is 49.2 Å². The molecule has 0 radical (unpaired) electrons. The second-order valence-corrected chi connectivity index (χ2v) is 8.79. The summed E-state index contributed by atoms with van der Waals surface area (Å²) in [6, 6.07) is 8.69. The van der Waals surface area contributed by atoms with Gasteiger partial charge in [-0.15, -0.1) is 10.2 Å². The number of phenolic OH excluding ortho intramolecular Hbond substituents is 1. The Morgan fingerprint density at radius 2 is 2.07 bits per heavy atom. The summed E-state index contributed by atoms with van der Waals surface area (Å²) in [5, 5.41) is 22.1. The first kappa shape index (κ1) is 19.0. The molecular formula is C22H24FN5O2. The summed E-state index contributed by atoms with van der Waals surface area (Å²) in [5.41, 5.74) is 1.02. The van der Waals surface area contributed by atoms with Crippen molar-refractivity contribution in [2.45, 2.75) is 44.5 Å². The van der Waals surface area contributed by atoms with E-state index in [1.165, 1.54) is 0 Å². The van der Waals surface area contributed by atoms with E-state index in [0.717, 1.165) is 25.1 Å². The van der Waals surface area contributed by atoms with Crippen LogP contribution in [0.4, 0.5) is 4.39 Å². The molecule has 3 fully saturated rings. The van der Waals surface area contributed by atoms with Crippen LogP contribution in [0.25, 0.3) is 16.9 Å². The van der Waals surface area contributed by atoms with E-state index in [4.69, 9.17) is 4.74 Å². The third-order valence-corrected chi connectivity index (χ3v) is 6.62. The lowest BCUT2D eigenvalue weighted by Crippen LogP contribution is -2.72. The Kier molecular flexibility index (Phi) is 4.28. The molecule has 3 aromatic rings. The zero-order valence-corrected chi connectivity index (χ0v) is 16.9. The smallest absolute Gasteiger partial charge is 0.233 e. The highest BCUT2D eigenvalue weighted by Crippen LogP contribution is 2.48. The summed E-state index contributed by atoms with van der Waals surface area (Å²) in [4.78, 5) is 4.01. The van der Waals surface area contributed by atoms with Crippen molar-refractivity contribution in [3.05, 3.63) is 49.1 Å². The van der Waals surface area contributed by atoms with Crippen LogP contribution in [0.3, 0.4) is 0 Å². The molecule has 4 atom stereocenters. The van der Waals surface area contributed by atoms with Gasteiger partial charge in [-0.3, -0.25) is 0 Å². The molecular weight excluding hydrogens is 385 g/mol. The number of fused-ring (bicyclic) bond motifs is 3. The molecule has 0 amide bonds. The maximum atomic E-state index is 15.1. The van der Waals surface area contributed by atoms with E-state index in [0.29, 0.717) is 17.1 Å². The van der Waals surface area contributed by atoms with E-state index < -0.39 is 17.8 Å². The number of rotatable bonds is 4. The van der Waals surface area contributed by atoms with Crippen LogP contribution >= 0.6 is 0 Å². The van der Waals surface area contributed by atoms with E-state index in [1.54, 1.807) is 47.6 Å². The summed E-state index contributed by atoms with van der Waals surface area (Å²) >= 11 is 0. The number of hydrogen-bond acceptors (Lipinski definition) is 6. The molecule has 0 spiro atoms. The molecule has 2 aliphatic heterocycles. The molecule has 6 rings (SSSR count). The predicted octanol–water partition coefficient (Wildman–Crippen LogP) is 3.28. The highest BCUT2D eigenvalue weighted by Gasteiger charge is 2.58. The van der Waals surface area contributed by atoms with Crippen LogP contribution in [-0.2, 0) is 0 Å². The Bertz CT molecular complexity index is 1050. The number of halogens is 1. The van der Waals surface area contributed by atoms with Gasteiger partial charge in [0, 0.05) is 42.0 Å². The van der Waals surface area contributed by atoms with Crippen molar-refractivity contribution in [3.8, 4) is 28.6 Å². The van der Waals surface area contributed by atoms with Crippen molar-refractivity contribution in [2.75, 3.05) is 6.54 Å². The van der Waals surface area contributed by atoms with Gasteiger partial charge in [-0.2, -0.15) is 0 Å². The summed E-state index contributed by atoms with van der Waals surface area (Å²) in [7, 11) is 0. The SMILES string of the molecule is C[C@]12CC[C@](C)(NC1)[C@H](F)[C@@H]2Oc1ccc(-c2ccc(-n3ccnc3)cc2O)nn1. The molecule has 30 heavy (non-hydrogen) atoms. The maximum absolute atomic E-state index is 15.1. The summed E-state index contributed by atoms with van der Waals surface area (Å²) in [5.74, 6) is 0.377. The molecule has 2 aromatic heterocycles. The number of piperidine rings is 2. The third-order valence-electron chi connectivity index (χ3n) is 6.62. The fourth-order valence-corrected chi connectivity index (χ4v) is 4.46. The van der Waals surface area contributed by atoms with Crippen LogP contribution in [0.5, 0.6) is 11.6 Å². The lowest BCUT2D eigenvalue weighted by atomic mass is 9.61. The topological polar surface area (TPSA) is 85.1 Å². The van der Waals surface area contributed by atoms with Gasteiger partial charge in [-0.25, -0.2) is 9.37 Å². The van der Waals surface area contributed by atoms with Crippen molar-refractivity contribution in [2.24, 2.45) is 5.41 Å². The van der Waals surface area contributed by atoms with Gasteiger partial charge < -0.3 is 19.7 Å². The fourth-order valence-electron chi connectivity index (χ4n) is 4.46. The van der Waals surface area contributed by atoms with Gasteiger partial charge in [0.1, 0.15) is 11.9 Å². The molecule has 7 nitrogen and oxygen atoms in total. The Balaban J connectivity index is 1.36. The highest BCUT2D eigenvalue weighted by atomic mass is 19.1. The van der Waals surface area contributed by atoms with Gasteiger partial charge in [-0.1, -0.05) is 6.92 Å². The number of phenols is 1. The van der Waals surface area contributed by atoms with Crippen molar-refractivity contribution in [1.29, 1.82) is 0 Å². The molecule has 2 N–H and O–H groups in total. The number of ether oxygens (including phenoxy) is 1. The fraction of sp³-hybridized carbons (Fsp3) is 0.409. The van der Waals surface area contributed by atoms with E-state index in [9.17, 15) is 5.11 Å². The Morgan fingerprint density at radius 1 is 1.20 bits per heavy atom. The number of aromatic hydroxyl groups is 1. The van der Waals surface area contributed by atoms with Crippen molar-refractivity contribution in [1.82, 2.24) is 25.1 Å². The average molecular weight is 409 g/mol. The standard InChI is InChI=1S/C22H24FN5O2/c1-21-7-8-22(2,25-12-21)19(23)20(21)30-18-6-5-16(26-27-18)15-4-3-14(11-17(15)29)28-10-9-24-13-28/h3-6,9-11,13,19-20,25,29H,7-8,12H2,1-2H3/t19-,20+,21+,22+/m1/s1. The Hall–Kier alpha value is -3.00. The van der Waals surface area contributed by atoms with Crippen LogP contribution in [0.1, 0.15) is 26.7 Å². The second-order valence-electron chi connectivity index (χ2n) is 8.79. The first-order valence-electron chi connectivity index (χ1n) is 10.1. The average Bonchev–Trinajstić information content (AvgIpc) is 3.28. The van der Waals surface area contributed by atoms with E-state index in [-0.39, 0.29) is 11.2 Å². The minimum Gasteiger partial charge on any atom is -0.507 e.